The zero-order valence-corrected chi connectivity index (χ0v) is 12.5. The highest BCUT2D eigenvalue weighted by molar-refractivity contribution is 6.37. The summed E-state index contributed by atoms with van der Waals surface area (Å²) in [7, 11) is 0. The van der Waals surface area contributed by atoms with E-state index in [1.807, 2.05) is 0 Å². The summed E-state index contributed by atoms with van der Waals surface area (Å²) in [5.41, 5.74) is 0. The van der Waals surface area contributed by atoms with Crippen LogP contribution in [0.4, 0.5) is 0 Å². The molecule has 0 saturated carbocycles. The highest BCUT2D eigenvalue weighted by Gasteiger charge is 2.09. The maximum atomic E-state index is 5.96. The van der Waals surface area contributed by atoms with Crippen LogP contribution in [0.5, 0.6) is 11.5 Å². The van der Waals surface area contributed by atoms with Crippen molar-refractivity contribution in [1.82, 2.24) is 0 Å². The van der Waals surface area contributed by atoms with E-state index >= 15 is 0 Å². The van der Waals surface area contributed by atoms with Crippen LogP contribution < -0.4 is 9.47 Å². The molecule has 0 fully saturated rings. The van der Waals surface area contributed by atoms with Crippen molar-refractivity contribution in [2.75, 3.05) is 6.79 Å². The molecule has 0 heterocycles. The molecule has 0 aromatic heterocycles. The number of hydrogen-bond acceptors (Lipinski definition) is 2. The van der Waals surface area contributed by atoms with E-state index in [2.05, 4.69) is 0 Å². The smallest absolute Gasteiger partial charge is 0.231 e. The molecule has 100 valence electrons. The highest BCUT2D eigenvalue weighted by atomic mass is 35.5. The molecule has 0 aliphatic carbocycles. The number of benzene rings is 2. The molecular formula is C13H8Cl4O2. The lowest BCUT2D eigenvalue weighted by atomic mass is 10.3. The Bertz CT molecular complexity index is 495. The van der Waals surface area contributed by atoms with Gasteiger partial charge in [0.05, 0.1) is 20.1 Å². The largest absolute Gasteiger partial charge is 0.454 e. The van der Waals surface area contributed by atoms with Gasteiger partial charge in [0.2, 0.25) is 6.79 Å². The lowest BCUT2D eigenvalue weighted by Crippen LogP contribution is -2.07. The maximum absolute atomic E-state index is 5.96. The van der Waals surface area contributed by atoms with E-state index in [9.17, 15) is 0 Å². The van der Waals surface area contributed by atoms with Crippen LogP contribution in [-0.4, -0.2) is 6.79 Å². The zero-order valence-electron chi connectivity index (χ0n) is 9.50. The van der Waals surface area contributed by atoms with Crippen molar-refractivity contribution in [3.8, 4) is 11.5 Å². The Labute approximate surface area is 130 Å². The number of ether oxygens (including phenoxy) is 2. The molecule has 0 aliphatic heterocycles. The molecule has 6 heteroatoms. The second-order valence-electron chi connectivity index (χ2n) is 3.51. The lowest BCUT2D eigenvalue weighted by molar-refractivity contribution is 0.120. The van der Waals surface area contributed by atoms with Crippen LogP contribution in [0.15, 0.2) is 36.4 Å². The summed E-state index contributed by atoms with van der Waals surface area (Å²) in [4.78, 5) is 0. The number of rotatable bonds is 4. The molecule has 19 heavy (non-hydrogen) atoms. The fourth-order valence-corrected chi connectivity index (χ4v) is 2.40. The number of halogens is 4. The Kier molecular flexibility index (Phi) is 5.06. The molecule has 0 bridgehead atoms. The molecule has 2 aromatic carbocycles. The third-order valence-corrected chi connectivity index (χ3v) is 3.43. The van der Waals surface area contributed by atoms with Gasteiger partial charge < -0.3 is 9.47 Å². The maximum Gasteiger partial charge on any atom is 0.231 e. The van der Waals surface area contributed by atoms with Gasteiger partial charge in [0, 0.05) is 0 Å². The fraction of sp³-hybridized carbons (Fsp3) is 0.0769. The summed E-state index contributed by atoms with van der Waals surface area (Å²) in [6, 6.07) is 10.1. The first-order valence-corrected chi connectivity index (χ1v) is 6.74. The summed E-state index contributed by atoms with van der Waals surface area (Å²) in [5, 5.41) is 1.62. The third kappa shape index (κ3) is 3.61. The van der Waals surface area contributed by atoms with Crippen LogP contribution in [-0.2, 0) is 0 Å². The quantitative estimate of drug-likeness (QED) is 0.664. The van der Waals surface area contributed by atoms with Crippen LogP contribution >= 0.6 is 46.4 Å². The standard InChI is InChI=1S/C13H8Cl4O2/c14-8-3-1-4-9(15)12(8)18-7-19-13-10(16)5-2-6-11(13)17/h1-6H,7H2. The van der Waals surface area contributed by atoms with Gasteiger partial charge in [0.1, 0.15) is 0 Å². The Hall–Kier alpha value is -0.800. The predicted molar refractivity (Wildman–Crippen MR) is 79.0 cm³/mol. The second-order valence-corrected chi connectivity index (χ2v) is 5.14. The first-order chi connectivity index (χ1) is 9.09. The molecule has 0 saturated heterocycles. The van der Waals surface area contributed by atoms with Gasteiger partial charge in [-0.05, 0) is 24.3 Å². The molecule has 0 atom stereocenters. The molecule has 0 N–H and O–H groups in total. The number of hydrogen-bond donors (Lipinski definition) is 0. The minimum absolute atomic E-state index is 0.104. The van der Waals surface area contributed by atoms with Crippen molar-refractivity contribution >= 4 is 46.4 Å². The topological polar surface area (TPSA) is 18.5 Å². The molecule has 2 rings (SSSR count). The fourth-order valence-electron chi connectivity index (χ4n) is 1.39. The van der Waals surface area contributed by atoms with Gasteiger partial charge in [0.25, 0.3) is 0 Å². The Morgan fingerprint density at radius 1 is 0.632 bits per heavy atom. The Morgan fingerprint density at radius 3 is 1.26 bits per heavy atom. The third-order valence-electron chi connectivity index (χ3n) is 2.24. The number of para-hydroxylation sites is 2. The van der Waals surface area contributed by atoms with Crippen molar-refractivity contribution in [3.63, 3.8) is 0 Å². The summed E-state index contributed by atoms with van der Waals surface area (Å²) in [5.74, 6) is 0.711. The van der Waals surface area contributed by atoms with Crippen molar-refractivity contribution < 1.29 is 9.47 Å². The van der Waals surface area contributed by atoms with Crippen LogP contribution in [0.1, 0.15) is 0 Å². The highest BCUT2D eigenvalue weighted by Crippen LogP contribution is 2.34. The molecule has 2 aromatic rings. The lowest BCUT2D eigenvalue weighted by Gasteiger charge is -2.12. The van der Waals surface area contributed by atoms with Gasteiger partial charge in [-0.3, -0.25) is 0 Å². The van der Waals surface area contributed by atoms with Gasteiger partial charge in [-0.15, -0.1) is 0 Å². The minimum atomic E-state index is -0.104. The molecule has 0 amide bonds. The molecule has 0 radical (unpaired) electrons. The molecule has 0 spiro atoms. The molecule has 2 nitrogen and oxygen atoms in total. The Morgan fingerprint density at radius 2 is 0.947 bits per heavy atom. The first-order valence-electron chi connectivity index (χ1n) is 5.23. The molecule has 0 unspecified atom stereocenters. The van der Waals surface area contributed by atoms with E-state index in [1.54, 1.807) is 36.4 Å². The first kappa shape index (κ1) is 14.6. The van der Waals surface area contributed by atoms with Crippen molar-refractivity contribution in [2.24, 2.45) is 0 Å². The SMILES string of the molecule is Clc1cccc(Cl)c1OCOc1c(Cl)cccc1Cl. The van der Waals surface area contributed by atoms with Crippen molar-refractivity contribution in [2.45, 2.75) is 0 Å². The van der Waals surface area contributed by atoms with Gasteiger partial charge >= 0.3 is 0 Å². The van der Waals surface area contributed by atoms with E-state index in [0.29, 0.717) is 31.6 Å². The van der Waals surface area contributed by atoms with E-state index in [1.165, 1.54) is 0 Å². The molecular weight excluding hydrogens is 330 g/mol. The van der Waals surface area contributed by atoms with E-state index in [0.717, 1.165) is 0 Å². The van der Waals surface area contributed by atoms with Crippen LogP contribution in [0.2, 0.25) is 20.1 Å². The summed E-state index contributed by atoms with van der Waals surface area (Å²) in [6.07, 6.45) is 0. The Balaban J connectivity index is 2.05. The van der Waals surface area contributed by atoms with Gasteiger partial charge in [-0.1, -0.05) is 58.5 Å². The summed E-state index contributed by atoms with van der Waals surface area (Å²) in [6.45, 7) is -0.104. The minimum Gasteiger partial charge on any atom is -0.454 e. The van der Waals surface area contributed by atoms with E-state index in [-0.39, 0.29) is 6.79 Å². The van der Waals surface area contributed by atoms with Gasteiger partial charge in [-0.2, -0.15) is 0 Å². The molecule has 0 aliphatic rings. The van der Waals surface area contributed by atoms with Gasteiger partial charge in [-0.25, -0.2) is 0 Å². The van der Waals surface area contributed by atoms with Crippen molar-refractivity contribution in [1.29, 1.82) is 0 Å². The second kappa shape index (κ2) is 6.58. The normalized spacial score (nSPS) is 10.3. The van der Waals surface area contributed by atoms with Crippen LogP contribution in [0, 0.1) is 0 Å². The monoisotopic (exact) mass is 336 g/mol. The predicted octanol–water partition coefficient (Wildman–Crippen LogP) is 5.72. The zero-order chi connectivity index (χ0) is 13.8. The van der Waals surface area contributed by atoms with E-state index < -0.39 is 0 Å². The van der Waals surface area contributed by atoms with Crippen LogP contribution in [0.3, 0.4) is 0 Å². The van der Waals surface area contributed by atoms with Crippen LogP contribution in [0.25, 0.3) is 0 Å². The van der Waals surface area contributed by atoms with E-state index in [4.69, 9.17) is 55.9 Å². The van der Waals surface area contributed by atoms with Gasteiger partial charge in [0.15, 0.2) is 11.5 Å². The average Bonchev–Trinajstić information content (AvgIpc) is 2.36. The average molecular weight is 338 g/mol. The summed E-state index contributed by atoms with van der Waals surface area (Å²) >= 11 is 23.8. The van der Waals surface area contributed by atoms with Crippen molar-refractivity contribution in [3.05, 3.63) is 56.5 Å². The summed E-state index contributed by atoms with van der Waals surface area (Å²) < 4.78 is 10.8.